The van der Waals surface area contributed by atoms with E-state index in [0.29, 0.717) is 11.5 Å². The standard InChI is InChI=1S/C17H14BrN3O2/c1-10-3-4-13(9-11(10)2)15(22)19-17-21-20-16(23-17)12-5-7-14(18)8-6-12/h3-9H,1-2H3,(H,19,21,22). The van der Waals surface area contributed by atoms with Gasteiger partial charge in [-0.2, -0.15) is 0 Å². The molecule has 3 rings (SSSR count). The number of rotatable bonds is 3. The minimum atomic E-state index is -0.279. The van der Waals surface area contributed by atoms with Gasteiger partial charge >= 0.3 is 6.01 Å². The van der Waals surface area contributed by atoms with Crippen LogP contribution in [-0.4, -0.2) is 16.1 Å². The first-order valence-corrected chi connectivity index (χ1v) is 7.80. The highest BCUT2D eigenvalue weighted by molar-refractivity contribution is 9.10. The lowest BCUT2D eigenvalue weighted by molar-refractivity contribution is 0.102. The van der Waals surface area contributed by atoms with E-state index in [1.54, 1.807) is 6.07 Å². The van der Waals surface area contributed by atoms with Crippen LogP contribution in [-0.2, 0) is 0 Å². The maximum atomic E-state index is 12.2. The topological polar surface area (TPSA) is 68.0 Å². The lowest BCUT2D eigenvalue weighted by atomic mass is 10.1. The molecule has 0 aliphatic heterocycles. The molecule has 23 heavy (non-hydrogen) atoms. The molecule has 2 aromatic carbocycles. The van der Waals surface area contributed by atoms with Crippen molar-refractivity contribution in [2.45, 2.75) is 13.8 Å². The van der Waals surface area contributed by atoms with Gasteiger partial charge in [0.05, 0.1) is 0 Å². The third kappa shape index (κ3) is 3.48. The monoisotopic (exact) mass is 371 g/mol. The summed E-state index contributed by atoms with van der Waals surface area (Å²) in [5, 5.41) is 10.4. The molecule has 0 aliphatic carbocycles. The van der Waals surface area contributed by atoms with Gasteiger partial charge in [-0.05, 0) is 61.4 Å². The first-order valence-electron chi connectivity index (χ1n) is 7.01. The predicted octanol–water partition coefficient (Wildman–Crippen LogP) is 4.37. The zero-order valence-electron chi connectivity index (χ0n) is 12.6. The van der Waals surface area contributed by atoms with Crippen LogP contribution in [0.2, 0.25) is 0 Å². The van der Waals surface area contributed by atoms with Crippen molar-refractivity contribution < 1.29 is 9.21 Å². The summed E-state index contributed by atoms with van der Waals surface area (Å²) in [7, 11) is 0. The van der Waals surface area contributed by atoms with Crippen LogP contribution in [0.5, 0.6) is 0 Å². The highest BCUT2D eigenvalue weighted by atomic mass is 79.9. The molecule has 0 aliphatic rings. The second-order valence-electron chi connectivity index (χ2n) is 5.17. The molecule has 1 aromatic heterocycles. The van der Waals surface area contributed by atoms with Crippen LogP contribution in [0.25, 0.3) is 11.5 Å². The Morgan fingerprint density at radius 2 is 1.78 bits per heavy atom. The van der Waals surface area contributed by atoms with E-state index in [0.717, 1.165) is 21.2 Å². The molecule has 1 amide bonds. The molecule has 3 aromatic rings. The summed E-state index contributed by atoms with van der Waals surface area (Å²) >= 11 is 3.37. The van der Waals surface area contributed by atoms with Crippen molar-refractivity contribution in [2.75, 3.05) is 5.32 Å². The fourth-order valence-electron chi connectivity index (χ4n) is 2.03. The van der Waals surface area contributed by atoms with E-state index in [1.807, 2.05) is 50.2 Å². The molecule has 1 heterocycles. The highest BCUT2D eigenvalue weighted by Gasteiger charge is 2.13. The van der Waals surface area contributed by atoms with E-state index in [4.69, 9.17) is 4.42 Å². The fraction of sp³-hybridized carbons (Fsp3) is 0.118. The Morgan fingerprint density at radius 1 is 1.04 bits per heavy atom. The Morgan fingerprint density at radius 3 is 2.48 bits per heavy atom. The minimum Gasteiger partial charge on any atom is -0.403 e. The molecule has 0 unspecified atom stereocenters. The summed E-state index contributed by atoms with van der Waals surface area (Å²) in [4.78, 5) is 12.2. The molecule has 0 radical (unpaired) electrons. The van der Waals surface area contributed by atoms with Gasteiger partial charge in [0.1, 0.15) is 0 Å². The molecule has 0 fully saturated rings. The normalized spacial score (nSPS) is 10.6. The van der Waals surface area contributed by atoms with Gasteiger partial charge in [-0.25, -0.2) is 0 Å². The predicted molar refractivity (Wildman–Crippen MR) is 91.3 cm³/mol. The molecular weight excluding hydrogens is 358 g/mol. The largest absolute Gasteiger partial charge is 0.403 e. The van der Waals surface area contributed by atoms with Crippen LogP contribution in [0.1, 0.15) is 21.5 Å². The average molecular weight is 372 g/mol. The summed E-state index contributed by atoms with van der Waals surface area (Å²) < 4.78 is 6.45. The number of amides is 1. The highest BCUT2D eigenvalue weighted by Crippen LogP contribution is 2.22. The Bertz CT molecular complexity index is 857. The van der Waals surface area contributed by atoms with Crippen LogP contribution < -0.4 is 5.32 Å². The first kappa shape index (κ1) is 15.4. The number of benzene rings is 2. The van der Waals surface area contributed by atoms with Crippen LogP contribution in [0.15, 0.2) is 51.4 Å². The van der Waals surface area contributed by atoms with Crippen LogP contribution in [0.4, 0.5) is 6.01 Å². The molecule has 0 saturated heterocycles. The fourth-order valence-corrected chi connectivity index (χ4v) is 2.30. The maximum absolute atomic E-state index is 12.2. The first-order chi connectivity index (χ1) is 11.0. The number of carbonyl (C=O) groups excluding carboxylic acids is 1. The van der Waals surface area contributed by atoms with Crippen molar-refractivity contribution in [3.05, 3.63) is 63.6 Å². The molecule has 1 N–H and O–H groups in total. The minimum absolute atomic E-state index is 0.0751. The summed E-state index contributed by atoms with van der Waals surface area (Å²) in [6, 6.07) is 13.1. The number of aromatic nitrogens is 2. The van der Waals surface area contributed by atoms with Gasteiger partial charge in [0, 0.05) is 15.6 Å². The SMILES string of the molecule is Cc1ccc(C(=O)Nc2nnc(-c3ccc(Br)cc3)o2)cc1C. The molecular formula is C17H14BrN3O2. The van der Waals surface area contributed by atoms with Crippen molar-refractivity contribution in [1.82, 2.24) is 10.2 Å². The van der Waals surface area contributed by atoms with E-state index in [-0.39, 0.29) is 11.9 Å². The summed E-state index contributed by atoms with van der Waals surface area (Å²) in [6.45, 7) is 3.96. The van der Waals surface area contributed by atoms with Gasteiger partial charge in [0.15, 0.2) is 0 Å². The molecule has 0 spiro atoms. The number of carbonyl (C=O) groups is 1. The number of nitrogens with zero attached hydrogens (tertiary/aromatic N) is 2. The lowest BCUT2D eigenvalue weighted by Crippen LogP contribution is -2.12. The molecule has 5 nitrogen and oxygen atoms in total. The van der Waals surface area contributed by atoms with Gasteiger partial charge < -0.3 is 4.42 Å². The Labute approximate surface area is 141 Å². The Kier molecular flexibility index (Phi) is 4.25. The van der Waals surface area contributed by atoms with Gasteiger partial charge in [-0.15, -0.1) is 5.10 Å². The molecule has 116 valence electrons. The van der Waals surface area contributed by atoms with E-state index in [1.165, 1.54) is 0 Å². The molecule has 0 saturated carbocycles. The number of anilines is 1. The van der Waals surface area contributed by atoms with E-state index < -0.39 is 0 Å². The second-order valence-corrected chi connectivity index (χ2v) is 6.09. The van der Waals surface area contributed by atoms with Crippen LogP contribution in [0.3, 0.4) is 0 Å². The van der Waals surface area contributed by atoms with Crippen LogP contribution >= 0.6 is 15.9 Å². The van der Waals surface area contributed by atoms with Crippen molar-refractivity contribution >= 4 is 27.9 Å². The summed E-state index contributed by atoms with van der Waals surface area (Å²) in [5.41, 5.74) is 3.53. The number of hydrogen-bond acceptors (Lipinski definition) is 4. The number of nitrogens with one attached hydrogen (secondary N) is 1. The van der Waals surface area contributed by atoms with Gasteiger partial charge in [-0.3, -0.25) is 10.1 Å². The van der Waals surface area contributed by atoms with Gasteiger partial charge in [-0.1, -0.05) is 27.1 Å². The zero-order chi connectivity index (χ0) is 16.4. The third-order valence-electron chi connectivity index (χ3n) is 3.51. The Hall–Kier alpha value is -2.47. The summed E-state index contributed by atoms with van der Waals surface area (Å²) in [6.07, 6.45) is 0. The van der Waals surface area contributed by atoms with Crippen molar-refractivity contribution in [1.29, 1.82) is 0 Å². The lowest BCUT2D eigenvalue weighted by Gasteiger charge is -2.04. The molecule has 0 bridgehead atoms. The van der Waals surface area contributed by atoms with Crippen molar-refractivity contribution in [3.8, 4) is 11.5 Å². The molecule has 6 heteroatoms. The Balaban J connectivity index is 1.77. The van der Waals surface area contributed by atoms with Crippen molar-refractivity contribution in [3.63, 3.8) is 0 Å². The van der Waals surface area contributed by atoms with E-state index in [9.17, 15) is 4.79 Å². The third-order valence-corrected chi connectivity index (χ3v) is 4.03. The van der Waals surface area contributed by atoms with Gasteiger partial charge in [0.25, 0.3) is 5.91 Å². The average Bonchev–Trinajstić information content (AvgIpc) is 2.99. The smallest absolute Gasteiger partial charge is 0.322 e. The number of aryl methyl sites for hydroxylation is 2. The second kappa shape index (κ2) is 6.34. The van der Waals surface area contributed by atoms with E-state index in [2.05, 4.69) is 31.4 Å². The number of hydrogen-bond donors (Lipinski definition) is 1. The zero-order valence-corrected chi connectivity index (χ0v) is 14.2. The number of halogens is 1. The molecule has 0 atom stereocenters. The van der Waals surface area contributed by atoms with Gasteiger partial charge in [0.2, 0.25) is 5.89 Å². The van der Waals surface area contributed by atoms with Crippen LogP contribution in [0, 0.1) is 13.8 Å². The maximum Gasteiger partial charge on any atom is 0.322 e. The summed E-state index contributed by atoms with van der Waals surface area (Å²) in [5.74, 6) is 0.0759. The van der Waals surface area contributed by atoms with E-state index >= 15 is 0 Å². The quantitative estimate of drug-likeness (QED) is 0.742. The van der Waals surface area contributed by atoms with Crippen molar-refractivity contribution in [2.24, 2.45) is 0 Å².